The van der Waals surface area contributed by atoms with E-state index in [4.69, 9.17) is 0 Å². The zero-order valence-corrected chi connectivity index (χ0v) is 11.9. The third-order valence-corrected chi connectivity index (χ3v) is 3.64. The largest absolute Gasteiger partial charge is 0.312 e. The van der Waals surface area contributed by atoms with Crippen molar-refractivity contribution < 1.29 is 0 Å². The van der Waals surface area contributed by atoms with Crippen molar-refractivity contribution in [1.82, 2.24) is 20.1 Å². The lowest BCUT2D eigenvalue weighted by atomic mass is 10.2. The average Bonchev–Trinajstić information content (AvgIpc) is 3.15. The molecule has 1 saturated carbocycles. The molecule has 1 unspecified atom stereocenters. The summed E-state index contributed by atoms with van der Waals surface area (Å²) in [5.74, 6) is 2.98. The van der Waals surface area contributed by atoms with Gasteiger partial charge in [-0.05, 0) is 31.7 Å². The van der Waals surface area contributed by atoms with Gasteiger partial charge in [0.1, 0.15) is 5.82 Å². The molecule has 1 aromatic heterocycles. The molecule has 1 aliphatic carbocycles. The molecule has 1 heterocycles. The average molecular weight is 250 g/mol. The molecule has 102 valence electrons. The zero-order valence-electron chi connectivity index (χ0n) is 11.9. The lowest BCUT2D eigenvalue weighted by Gasteiger charge is -2.18. The third kappa shape index (κ3) is 3.31. The van der Waals surface area contributed by atoms with Gasteiger partial charge in [-0.1, -0.05) is 20.8 Å². The summed E-state index contributed by atoms with van der Waals surface area (Å²) in [6, 6.07) is 0.585. The molecule has 0 aromatic carbocycles. The Morgan fingerprint density at radius 1 is 1.28 bits per heavy atom. The van der Waals surface area contributed by atoms with Crippen molar-refractivity contribution in [2.24, 2.45) is 5.92 Å². The molecule has 1 N–H and O–H groups in total. The maximum Gasteiger partial charge on any atom is 0.150 e. The quantitative estimate of drug-likeness (QED) is 0.769. The summed E-state index contributed by atoms with van der Waals surface area (Å²) in [5, 5.41) is 8.29. The minimum Gasteiger partial charge on any atom is -0.312 e. The second-order valence-electron chi connectivity index (χ2n) is 5.23. The van der Waals surface area contributed by atoms with Crippen LogP contribution in [0.5, 0.6) is 0 Å². The fraction of sp³-hybridized carbons (Fsp3) is 0.857. The van der Waals surface area contributed by atoms with Crippen LogP contribution in [0.4, 0.5) is 0 Å². The molecule has 4 nitrogen and oxygen atoms in total. The van der Waals surface area contributed by atoms with Crippen molar-refractivity contribution in [2.45, 2.75) is 65.5 Å². The molecule has 0 aliphatic heterocycles. The Bertz CT molecular complexity index is 368. The number of hydrogen-bond acceptors (Lipinski definition) is 3. The summed E-state index contributed by atoms with van der Waals surface area (Å²) in [7, 11) is 0. The second-order valence-corrected chi connectivity index (χ2v) is 5.23. The van der Waals surface area contributed by atoms with E-state index in [9.17, 15) is 0 Å². The van der Waals surface area contributed by atoms with E-state index in [1.54, 1.807) is 0 Å². The molecule has 1 fully saturated rings. The van der Waals surface area contributed by atoms with Gasteiger partial charge >= 0.3 is 0 Å². The molecular formula is C14H26N4. The standard InChI is InChI=1S/C14H26N4/c1-4-9-15-12(11-7-8-11)10-18-14(6-3)16-13(5-2)17-18/h11-12,15H,4-10H2,1-3H3. The number of nitrogens with one attached hydrogen (secondary N) is 1. The summed E-state index contributed by atoms with van der Waals surface area (Å²) in [4.78, 5) is 4.58. The first-order valence-electron chi connectivity index (χ1n) is 7.44. The zero-order chi connectivity index (χ0) is 13.0. The molecular weight excluding hydrogens is 224 g/mol. The van der Waals surface area contributed by atoms with Gasteiger partial charge in [-0.25, -0.2) is 9.67 Å². The van der Waals surface area contributed by atoms with Gasteiger partial charge in [-0.3, -0.25) is 0 Å². The molecule has 1 aromatic rings. The van der Waals surface area contributed by atoms with E-state index in [-0.39, 0.29) is 0 Å². The highest BCUT2D eigenvalue weighted by atomic mass is 15.4. The van der Waals surface area contributed by atoms with Crippen molar-refractivity contribution in [2.75, 3.05) is 6.54 Å². The topological polar surface area (TPSA) is 42.7 Å². The Kier molecular flexibility index (Phi) is 4.75. The Morgan fingerprint density at radius 2 is 2.06 bits per heavy atom. The summed E-state index contributed by atoms with van der Waals surface area (Å²) in [6.45, 7) is 8.59. The first-order valence-corrected chi connectivity index (χ1v) is 7.44. The van der Waals surface area contributed by atoms with Crippen LogP contribution in [-0.2, 0) is 19.4 Å². The van der Waals surface area contributed by atoms with Crippen LogP contribution in [0.2, 0.25) is 0 Å². The molecule has 1 aliphatic rings. The highest BCUT2D eigenvalue weighted by molar-refractivity contribution is 4.95. The van der Waals surface area contributed by atoms with Crippen molar-refractivity contribution in [3.63, 3.8) is 0 Å². The first kappa shape index (κ1) is 13.5. The van der Waals surface area contributed by atoms with Crippen LogP contribution in [0.3, 0.4) is 0 Å². The molecule has 0 bridgehead atoms. The SMILES string of the molecule is CCCNC(Cn1nc(CC)nc1CC)C1CC1. The second kappa shape index (κ2) is 6.32. The van der Waals surface area contributed by atoms with Crippen molar-refractivity contribution in [3.8, 4) is 0 Å². The Balaban J connectivity index is 2.02. The maximum atomic E-state index is 4.62. The molecule has 0 amide bonds. The molecule has 1 atom stereocenters. The minimum absolute atomic E-state index is 0.585. The van der Waals surface area contributed by atoms with Gasteiger partial charge < -0.3 is 5.32 Å². The fourth-order valence-electron chi connectivity index (χ4n) is 2.38. The lowest BCUT2D eigenvalue weighted by Crippen LogP contribution is -2.36. The smallest absolute Gasteiger partial charge is 0.150 e. The summed E-state index contributed by atoms with van der Waals surface area (Å²) < 4.78 is 2.13. The normalized spacial score (nSPS) is 17.1. The highest BCUT2D eigenvalue weighted by Gasteiger charge is 2.31. The molecule has 2 rings (SSSR count). The van der Waals surface area contributed by atoms with Gasteiger partial charge in [0.25, 0.3) is 0 Å². The number of rotatable bonds is 8. The van der Waals surface area contributed by atoms with E-state index in [0.29, 0.717) is 6.04 Å². The Labute approximate surface area is 110 Å². The number of aromatic nitrogens is 3. The van der Waals surface area contributed by atoms with Crippen LogP contribution in [0.15, 0.2) is 0 Å². The van der Waals surface area contributed by atoms with Gasteiger partial charge in [-0.15, -0.1) is 0 Å². The number of nitrogens with zero attached hydrogens (tertiary/aromatic N) is 3. The van der Waals surface area contributed by atoms with E-state index >= 15 is 0 Å². The molecule has 4 heteroatoms. The summed E-state index contributed by atoms with van der Waals surface area (Å²) in [6.07, 6.45) is 5.84. The van der Waals surface area contributed by atoms with E-state index in [1.807, 2.05) is 0 Å². The monoisotopic (exact) mass is 250 g/mol. The Morgan fingerprint density at radius 3 is 2.61 bits per heavy atom. The fourth-order valence-corrected chi connectivity index (χ4v) is 2.38. The molecule has 0 radical (unpaired) electrons. The van der Waals surface area contributed by atoms with Crippen LogP contribution in [0.25, 0.3) is 0 Å². The van der Waals surface area contributed by atoms with Crippen molar-refractivity contribution in [1.29, 1.82) is 0 Å². The number of hydrogen-bond donors (Lipinski definition) is 1. The van der Waals surface area contributed by atoms with Crippen LogP contribution >= 0.6 is 0 Å². The highest BCUT2D eigenvalue weighted by Crippen LogP contribution is 2.33. The van der Waals surface area contributed by atoms with E-state index in [1.165, 1.54) is 19.3 Å². The van der Waals surface area contributed by atoms with Gasteiger partial charge in [0.15, 0.2) is 5.82 Å². The van der Waals surface area contributed by atoms with Gasteiger partial charge in [0.2, 0.25) is 0 Å². The number of aryl methyl sites for hydroxylation is 2. The predicted molar refractivity (Wildman–Crippen MR) is 73.6 cm³/mol. The van der Waals surface area contributed by atoms with E-state index in [0.717, 1.165) is 43.5 Å². The van der Waals surface area contributed by atoms with Crippen molar-refractivity contribution in [3.05, 3.63) is 11.6 Å². The summed E-state index contributed by atoms with van der Waals surface area (Å²) in [5.41, 5.74) is 0. The van der Waals surface area contributed by atoms with Gasteiger partial charge in [0, 0.05) is 18.9 Å². The molecule has 0 saturated heterocycles. The van der Waals surface area contributed by atoms with Gasteiger partial charge in [0.05, 0.1) is 6.54 Å². The predicted octanol–water partition coefficient (Wildman–Crippen LogP) is 2.18. The molecule has 18 heavy (non-hydrogen) atoms. The first-order chi connectivity index (χ1) is 8.78. The third-order valence-electron chi connectivity index (χ3n) is 3.64. The van der Waals surface area contributed by atoms with Crippen molar-refractivity contribution >= 4 is 0 Å². The molecule has 0 spiro atoms. The van der Waals surface area contributed by atoms with Crippen LogP contribution in [0.1, 0.15) is 51.7 Å². The minimum atomic E-state index is 0.585. The van der Waals surface area contributed by atoms with E-state index in [2.05, 4.69) is 40.9 Å². The Hall–Kier alpha value is -0.900. The van der Waals surface area contributed by atoms with Crippen LogP contribution in [-0.4, -0.2) is 27.4 Å². The van der Waals surface area contributed by atoms with Gasteiger partial charge in [-0.2, -0.15) is 5.10 Å². The van der Waals surface area contributed by atoms with E-state index < -0.39 is 0 Å². The van der Waals surface area contributed by atoms with Crippen LogP contribution in [0, 0.1) is 5.92 Å². The van der Waals surface area contributed by atoms with Crippen LogP contribution < -0.4 is 5.32 Å². The maximum absolute atomic E-state index is 4.62. The lowest BCUT2D eigenvalue weighted by molar-refractivity contribution is 0.382. The summed E-state index contributed by atoms with van der Waals surface area (Å²) >= 11 is 0.